The molecule has 3 aromatic rings. The molecule has 0 bridgehead atoms. The highest BCUT2D eigenvalue weighted by Crippen LogP contribution is 2.25. The van der Waals surface area contributed by atoms with Crippen LogP contribution in [0.4, 0.5) is 5.69 Å². The fourth-order valence-corrected chi connectivity index (χ4v) is 3.35. The van der Waals surface area contributed by atoms with Gasteiger partial charge in [0.1, 0.15) is 0 Å². The number of fused-ring (bicyclic) bond motifs is 1. The van der Waals surface area contributed by atoms with Crippen molar-refractivity contribution >= 4 is 41.4 Å². The average Bonchev–Trinajstić information content (AvgIpc) is 2.62. The molecule has 0 aliphatic carbocycles. The lowest BCUT2D eigenvalue weighted by Crippen LogP contribution is -2.28. The Morgan fingerprint density at radius 2 is 1.79 bits per heavy atom. The lowest BCUT2D eigenvalue weighted by molar-refractivity contribution is 0.302. The van der Waals surface area contributed by atoms with Gasteiger partial charge in [-0.05, 0) is 29.8 Å². The summed E-state index contributed by atoms with van der Waals surface area (Å²) in [6.07, 6.45) is 0. The quantitative estimate of drug-likeness (QED) is 0.456. The highest BCUT2D eigenvalue weighted by atomic mass is 32.1. The summed E-state index contributed by atoms with van der Waals surface area (Å²) in [5.74, 6) is 0.750. The number of H-pyrrole nitrogens is 1. The van der Waals surface area contributed by atoms with E-state index in [-0.39, 0.29) is 6.61 Å². The Morgan fingerprint density at radius 1 is 1.04 bits per heavy atom. The maximum atomic E-state index is 9.21. The van der Waals surface area contributed by atoms with Crippen molar-refractivity contribution in [2.24, 2.45) is 0 Å². The molecule has 3 rings (SSSR count). The van der Waals surface area contributed by atoms with Gasteiger partial charge in [0, 0.05) is 45.6 Å². The van der Waals surface area contributed by atoms with Gasteiger partial charge in [-0.25, -0.2) is 0 Å². The first kappa shape index (κ1) is 17.0. The van der Waals surface area contributed by atoms with Crippen LogP contribution in [0.3, 0.4) is 0 Å². The van der Waals surface area contributed by atoms with Crippen molar-refractivity contribution < 1.29 is 5.11 Å². The van der Waals surface area contributed by atoms with Gasteiger partial charge in [-0.3, -0.25) is 0 Å². The van der Waals surface area contributed by atoms with E-state index in [0.29, 0.717) is 6.54 Å². The van der Waals surface area contributed by atoms with Crippen LogP contribution in [-0.4, -0.2) is 35.5 Å². The number of nitrogens with one attached hydrogen (secondary N) is 1. The standard InChI is InChI=1S/C19H20N2OS2/c22-11-9-21(10-12-23)15-7-5-14(6-8-15)18-13-19(24)16-3-1-2-4-17(16)20-18/h1-8,13,22-23H,9-12H2,(H,20,24). The number of anilines is 1. The zero-order valence-electron chi connectivity index (χ0n) is 13.3. The largest absolute Gasteiger partial charge is 0.395 e. The Balaban J connectivity index is 1.94. The predicted octanol–water partition coefficient (Wildman–Crippen LogP) is 4.29. The molecular weight excluding hydrogens is 336 g/mol. The van der Waals surface area contributed by atoms with Gasteiger partial charge >= 0.3 is 0 Å². The minimum Gasteiger partial charge on any atom is -0.395 e. The first-order valence-corrected chi connectivity index (χ1v) is 8.96. The van der Waals surface area contributed by atoms with Crippen LogP contribution in [0.2, 0.25) is 0 Å². The van der Waals surface area contributed by atoms with E-state index in [1.54, 1.807) is 0 Å². The summed E-state index contributed by atoms with van der Waals surface area (Å²) in [6, 6.07) is 18.4. The summed E-state index contributed by atoms with van der Waals surface area (Å²) < 4.78 is 0.848. The molecule has 0 saturated carbocycles. The van der Waals surface area contributed by atoms with Crippen LogP contribution in [-0.2, 0) is 0 Å². The number of hydrogen-bond acceptors (Lipinski definition) is 4. The molecule has 0 radical (unpaired) electrons. The molecule has 24 heavy (non-hydrogen) atoms. The SMILES string of the molecule is OCCN(CCS)c1ccc(-c2cc(=S)c3ccccc3[nH]2)cc1. The van der Waals surface area contributed by atoms with Crippen LogP contribution in [0.5, 0.6) is 0 Å². The monoisotopic (exact) mass is 356 g/mol. The van der Waals surface area contributed by atoms with Gasteiger partial charge in [0.25, 0.3) is 0 Å². The molecule has 3 nitrogen and oxygen atoms in total. The second-order valence-corrected chi connectivity index (χ2v) is 6.46. The minimum atomic E-state index is 0.132. The minimum absolute atomic E-state index is 0.132. The molecule has 0 aliphatic rings. The maximum absolute atomic E-state index is 9.21. The van der Waals surface area contributed by atoms with Gasteiger partial charge in [0.2, 0.25) is 0 Å². The number of aromatic nitrogens is 1. The zero-order chi connectivity index (χ0) is 16.9. The topological polar surface area (TPSA) is 39.3 Å². The number of pyridine rings is 1. The number of para-hydroxylation sites is 1. The Hall–Kier alpha value is -1.82. The van der Waals surface area contributed by atoms with Crippen molar-refractivity contribution in [3.05, 3.63) is 59.1 Å². The molecule has 0 atom stereocenters. The number of hydrogen-bond donors (Lipinski definition) is 3. The number of rotatable bonds is 6. The van der Waals surface area contributed by atoms with E-state index in [2.05, 4.69) is 46.8 Å². The molecule has 0 saturated heterocycles. The van der Waals surface area contributed by atoms with Gasteiger partial charge in [-0.15, -0.1) is 0 Å². The summed E-state index contributed by atoms with van der Waals surface area (Å²) in [6.45, 7) is 1.55. The summed E-state index contributed by atoms with van der Waals surface area (Å²) in [5.41, 5.74) is 4.22. The summed E-state index contributed by atoms with van der Waals surface area (Å²) in [7, 11) is 0. The fraction of sp³-hybridized carbons (Fsp3) is 0.211. The van der Waals surface area contributed by atoms with E-state index in [4.69, 9.17) is 12.2 Å². The predicted molar refractivity (Wildman–Crippen MR) is 108 cm³/mol. The van der Waals surface area contributed by atoms with Crippen molar-refractivity contribution in [2.45, 2.75) is 0 Å². The van der Waals surface area contributed by atoms with Gasteiger partial charge in [-0.1, -0.05) is 42.5 Å². The molecule has 0 unspecified atom stereocenters. The summed E-state index contributed by atoms with van der Waals surface area (Å²) in [4.78, 5) is 5.57. The van der Waals surface area contributed by atoms with E-state index in [1.165, 1.54) is 0 Å². The number of aliphatic hydroxyl groups excluding tert-OH is 1. The van der Waals surface area contributed by atoms with E-state index < -0.39 is 0 Å². The number of nitrogens with zero attached hydrogens (tertiary/aromatic N) is 1. The third kappa shape index (κ3) is 3.64. The summed E-state index contributed by atoms with van der Waals surface area (Å²) >= 11 is 9.80. The van der Waals surface area contributed by atoms with Crippen molar-refractivity contribution in [1.29, 1.82) is 0 Å². The van der Waals surface area contributed by atoms with Crippen LogP contribution in [0.25, 0.3) is 22.2 Å². The summed E-state index contributed by atoms with van der Waals surface area (Å²) in [5, 5.41) is 10.3. The molecule has 2 N–H and O–H groups in total. The van der Waals surface area contributed by atoms with Crippen molar-refractivity contribution in [3.63, 3.8) is 0 Å². The van der Waals surface area contributed by atoms with Crippen LogP contribution >= 0.6 is 24.8 Å². The van der Waals surface area contributed by atoms with Crippen molar-refractivity contribution in [2.75, 3.05) is 30.3 Å². The second-order valence-electron chi connectivity index (χ2n) is 5.57. The number of aromatic amines is 1. The Labute approximate surface area is 152 Å². The molecular formula is C19H20N2OS2. The second kappa shape index (κ2) is 7.83. The Morgan fingerprint density at radius 3 is 2.50 bits per heavy atom. The van der Waals surface area contributed by atoms with E-state index in [9.17, 15) is 5.11 Å². The average molecular weight is 357 g/mol. The third-order valence-electron chi connectivity index (χ3n) is 4.02. The Bertz CT molecular complexity index is 868. The van der Waals surface area contributed by atoms with E-state index in [1.807, 2.05) is 30.3 Å². The van der Waals surface area contributed by atoms with E-state index in [0.717, 1.165) is 44.7 Å². The van der Waals surface area contributed by atoms with Crippen LogP contribution in [0.15, 0.2) is 54.6 Å². The highest BCUT2D eigenvalue weighted by molar-refractivity contribution is 7.80. The molecule has 1 heterocycles. The molecule has 0 spiro atoms. The molecule has 2 aromatic carbocycles. The Kier molecular flexibility index (Phi) is 5.56. The molecule has 5 heteroatoms. The number of thiol groups is 1. The highest BCUT2D eigenvalue weighted by Gasteiger charge is 2.06. The smallest absolute Gasteiger partial charge is 0.0606 e. The lowest BCUT2D eigenvalue weighted by Gasteiger charge is -2.23. The van der Waals surface area contributed by atoms with Crippen molar-refractivity contribution in [1.82, 2.24) is 4.98 Å². The van der Waals surface area contributed by atoms with Crippen LogP contribution in [0, 0.1) is 4.51 Å². The molecule has 0 aliphatic heterocycles. The van der Waals surface area contributed by atoms with Crippen LogP contribution in [0.1, 0.15) is 0 Å². The van der Waals surface area contributed by atoms with Crippen LogP contribution < -0.4 is 4.90 Å². The normalized spacial score (nSPS) is 10.9. The number of aliphatic hydroxyl groups is 1. The van der Waals surface area contributed by atoms with Crippen molar-refractivity contribution in [3.8, 4) is 11.3 Å². The number of benzene rings is 2. The maximum Gasteiger partial charge on any atom is 0.0606 e. The molecule has 124 valence electrons. The van der Waals surface area contributed by atoms with Gasteiger partial charge in [-0.2, -0.15) is 12.6 Å². The third-order valence-corrected chi connectivity index (χ3v) is 4.56. The van der Waals surface area contributed by atoms with Gasteiger partial charge in [0.05, 0.1) is 6.61 Å². The van der Waals surface area contributed by atoms with Gasteiger partial charge < -0.3 is 15.0 Å². The first-order valence-electron chi connectivity index (χ1n) is 7.92. The van der Waals surface area contributed by atoms with E-state index >= 15 is 0 Å². The zero-order valence-corrected chi connectivity index (χ0v) is 15.0. The fourth-order valence-electron chi connectivity index (χ4n) is 2.82. The lowest BCUT2D eigenvalue weighted by atomic mass is 10.1. The molecule has 1 aromatic heterocycles. The molecule has 0 fully saturated rings. The first-order chi connectivity index (χ1) is 11.7. The molecule has 0 amide bonds. The van der Waals surface area contributed by atoms with Gasteiger partial charge in [0.15, 0.2) is 0 Å².